The highest BCUT2D eigenvalue weighted by molar-refractivity contribution is 5.97. The van der Waals surface area contributed by atoms with Gasteiger partial charge in [-0.2, -0.15) is 0 Å². The van der Waals surface area contributed by atoms with E-state index in [-0.39, 0.29) is 17.2 Å². The molecule has 0 atom stereocenters. The van der Waals surface area contributed by atoms with Crippen LogP contribution in [0.15, 0.2) is 18.2 Å². The molecule has 0 saturated carbocycles. The second kappa shape index (κ2) is 5.83. The van der Waals surface area contributed by atoms with E-state index in [0.29, 0.717) is 12.3 Å². The number of carbonyl (C=O) groups excluding carboxylic acids is 1. The number of nitro groups is 1. The fraction of sp³-hybridized carbons (Fsp3) is 0.364. The smallest absolute Gasteiger partial charge is 0.270 e. The molecule has 0 fully saturated rings. The molecule has 0 unspecified atom stereocenters. The van der Waals surface area contributed by atoms with E-state index >= 15 is 0 Å². The Morgan fingerprint density at radius 2 is 2.24 bits per heavy atom. The predicted molar refractivity (Wildman–Crippen MR) is 62.3 cm³/mol. The lowest BCUT2D eigenvalue weighted by molar-refractivity contribution is -0.384. The lowest BCUT2D eigenvalue weighted by atomic mass is 10.1. The van der Waals surface area contributed by atoms with Crippen LogP contribution in [0.3, 0.4) is 0 Å². The van der Waals surface area contributed by atoms with Crippen LogP contribution in [-0.2, 0) is 0 Å². The number of ether oxygens (including phenoxy) is 1. The highest BCUT2D eigenvalue weighted by Gasteiger charge is 2.16. The van der Waals surface area contributed by atoms with Gasteiger partial charge in [0.15, 0.2) is 0 Å². The summed E-state index contributed by atoms with van der Waals surface area (Å²) in [5, 5.41) is 13.3. The van der Waals surface area contributed by atoms with E-state index in [1.807, 2.05) is 6.92 Å². The normalized spacial score (nSPS) is 9.76. The van der Waals surface area contributed by atoms with Gasteiger partial charge in [-0.15, -0.1) is 0 Å². The van der Waals surface area contributed by atoms with Crippen molar-refractivity contribution in [2.24, 2.45) is 0 Å². The van der Waals surface area contributed by atoms with Crippen LogP contribution < -0.4 is 10.1 Å². The quantitative estimate of drug-likeness (QED) is 0.625. The van der Waals surface area contributed by atoms with E-state index in [4.69, 9.17) is 4.74 Å². The molecular weight excluding hydrogens is 224 g/mol. The minimum atomic E-state index is -0.546. The van der Waals surface area contributed by atoms with Crippen LogP contribution in [-0.4, -0.2) is 24.5 Å². The van der Waals surface area contributed by atoms with Gasteiger partial charge in [-0.25, -0.2) is 0 Å². The predicted octanol–water partition coefficient (Wildman–Crippen LogP) is 1.74. The Balaban J connectivity index is 3.05. The molecule has 1 rings (SSSR count). The molecule has 0 spiro atoms. The third-order valence-corrected chi connectivity index (χ3v) is 2.17. The molecule has 1 aromatic carbocycles. The van der Waals surface area contributed by atoms with E-state index < -0.39 is 4.92 Å². The van der Waals surface area contributed by atoms with Gasteiger partial charge in [0.1, 0.15) is 5.75 Å². The monoisotopic (exact) mass is 238 g/mol. The van der Waals surface area contributed by atoms with Crippen molar-refractivity contribution in [3.63, 3.8) is 0 Å². The molecule has 0 bridgehead atoms. The first-order chi connectivity index (χ1) is 8.10. The van der Waals surface area contributed by atoms with Crippen LogP contribution in [0.4, 0.5) is 5.69 Å². The maximum atomic E-state index is 11.7. The minimum Gasteiger partial charge on any atom is -0.496 e. The number of amides is 1. The van der Waals surface area contributed by atoms with Gasteiger partial charge in [-0.05, 0) is 12.5 Å². The van der Waals surface area contributed by atoms with Crippen LogP contribution in [0.25, 0.3) is 0 Å². The fourth-order valence-electron chi connectivity index (χ4n) is 1.32. The molecule has 6 heteroatoms. The third-order valence-electron chi connectivity index (χ3n) is 2.17. The number of benzene rings is 1. The lowest BCUT2D eigenvalue weighted by Gasteiger charge is -2.08. The highest BCUT2D eigenvalue weighted by Crippen LogP contribution is 2.23. The highest BCUT2D eigenvalue weighted by atomic mass is 16.6. The van der Waals surface area contributed by atoms with Crippen LogP contribution in [0.1, 0.15) is 23.7 Å². The zero-order chi connectivity index (χ0) is 12.8. The first kappa shape index (κ1) is 13.0. The Labute approximate surface area is 98.7 Å². The van der Waals surface area contributed by atoms with Crippen molar-refractivity contribution in [3.05, 3.63) is 33.9 Å². The number of hydrogen-bond acceptors (Lipinski definition) is 4. The molecule has 1 aromatic rings. The van der Waals surface area contributed by atoms with Crippen molar-refractivity contribution >= 4 is 11.6 Å². The molecule has 92 valence electrons. The molecule has 1 N–H and O–H groups in total. The van der Waals surface area contributed by atoms with Crippen molar-refractivity contribution in [1.82, 2.24) is 5.32 Å². The second-order valence-electron chi connectivity index (χ2n) is 3.40. The average molecular weight is 238 g/mol. The maximum Gasteiger partial charge on any atom is 0.270 e. The van der Waals surface area contributed by atoms with Gasteiger partial charge in [0.05, 0.1) is 17.6 Å². The zero-order valence-corrected chi connectivity index (χ0v) is 9.73. The summed E-state index contributed by atoms with van der Waals surface area (Å²) in [4.78, 5) is 21.8. The Morgan fingerprint density at radius 3 is 2.76 bits per heavy atom. The zero-order valence-electron chi connectivity index (χ0n) is 9.73. The number of nitrogens with zero attached hydrogens (tertiary/aromatic N) is 1. The molecule has 6 nitrogen and oxygen atoms in total. The number of hydrogen-bond donors (Lipinski definition) is 1. The van der Waals surface area contributed by atoms with Gasteiger partial charge >= 0.3 is 0 Å². The first-order valence-corrected chi connectivity index (χ1v) is 5.20. The minimum absolute atomic E-state index is 0.132. The SMILES string of the molecule is CCCNC(=O)c1cc([N+](=O)[O-])ccc1OC. The van der Waals surface area contributed by atoms with Gasteiger partial charge in [-0.3, -0.25) is 14.9 Å². The molecule has 1 amide bonds. The number of carbonyl (C=O) groups is 1. The molecule has 0 aliphatic rings. The van der Waals surface area contributed by atoms with Gasteiger partial charge < -0.3 is 10.1 Å². The van der Waals surface area contributed by atoms with E-state index in [9.17, 15) is 14.9 Å². The van der Waals surface area contributed by atoms with Crippen molar-refractivity contribution in [2.75, 3.05) is 13.7 Å². The Kier molecular flexibility index (Phi) is 4.45. The summed E-state index contributed by atoms with van der Waals surface area (Å²) in [6.45, 7) is 2.44. The number of nitro benzene ring substituents is 1. The standard InChI is InChI=1S/C11H14N2O4/c1-3-6-12-11(14)9-7-8(13(15)16)4-5-10(9)17-2/h4-5,7H,3,6H2,1-2H3,(H,12,14). The fourth-order valence-corrected chi connectivity index (χ4v) is 1.32. The molecule has 0 aromatic heterocycles. The molecule has 0 radical (unpaired) electrons. The number of nitrogens with one attached hydrogen (secondary N) is 1. The maximum absolute atomic E-state index is 11.7. The van der Waals surface area contributed by atoms with Crippen LogP contribution in [0, 0.1) is 10.1 Å². The van der Waals surface area contributed by atoms with Gasteiger partial charge in [-0.1, -0.05) is 6.92 Å². The third kappa shape index (κ3) is 3.17. The Morgan fingerprint density at radius 1 is 1.53 bits per heavy atom. The molecule has 0 aliphatic carbocycles. The summed E-state index contributed by atoms with van der Waals surface area (Å²) in [7, 11) is 1.41. The Hall–Kier alpha value is -2.11. The Bertz CT molecular complexity index is 431. The van der Waals surface area contributed by atoms with Crippen LogP contribution in [0.2, 0.25) is 0 Å². The first-order valence-electron chi connectivity index (χ1n) is 5.20. The average Bonchev–Trinajstić information content (AvgIpc) is 2.34. The summed E-state index contributed by atoms with van der Waals surface area (Å²) >= 11 is 0. The summed E-state index contributed by atoms with van der Waals surface area (Å²) in [5.41, 5.74) is 0.0441. The van der Waals surface area contributed by atoms with E-state index in [1.165, 1.54) is 25.3 Å². The molecule has 0 saturated heterocycles. The van der Waals surface area contributed by atoms with Gasteiger partial charge in [0.25, 0.3) is 11.6 Å². The van der Waals surface area contributed by atoms with Crippen LogP contribution >= 0.6 is 0 Å². The van der Waals surface area contributed by atoms with Gasteiger partial charge in [0.2, 0.25) is 0 Å². The summed E-state index contributed by atoms with van der Waals surface area (Å²) in [6, 6.07) is 3.93. The van der Waals surface area contributed by atoms with E-state index in [2.05, 4.69) is 5.32 Å². The number of non-ortho nitro benzene ring substituents is 1. The van der Waals surface area contributed by atoms with E-state index in [0.717, 1.165) is 6.42 Å². The molecule has 0 aliphatic heterocycles. The summed E-state index contributed by atoms with van der Waals surface area (Å²) < 4.78 is 5.00. The summed E-state index contributed by atoms with van der Waals surface area (Å²) in [6.07, 6.45) is 0.795. The lowest BCUT2D eigenvalue weighted by Crippen LogP contribution is -2.24. The largest absolute Gasteiger partial charge is 0.496 e. The van der Waals surface area contributed by atoms with Gasteiger partial charge in [0, 0.05) is 18.7 Å². The number of rotatable bonds is 5. The summed E-state index contributed by atoms with van der Waals surface area (Å²) in [5.74, 6) is -0.0448. The molecule has 0 heterocycles. The number of methoxy groups -OCH3 is 1. The van der Waals surface area contributed by atoms with Crippen molar-refractivity contribution in [2.45, 2.75) is 13.3 Å². The van der Waals surface area contributed by atoms with Crippen molar-refractivity contribution < 1.29 is 14.5 Å². The van der Waals surface area contributed by atoms with Crippen molar-refractivity contribution in [1.29, 1.82) is 0 Å². The second-order valence-corrected chi connectivity index (χ2v) is 3.40. The molecular formula is C11H14N2O4. The van der Waals surface area contributed by atoms with Crippen molar-refractivity contribution in [3.8, 4) is 5.75 Å². The van der Waals surface area contributed by atoms with E-state index in [1.54, 1.807) is 0 Å². The molecule has 17 heavy (non-hydrogen) atoms. The topological polar surface area (TPSA) is 81.5 Å². The van der Waals surface area contributed by atoms with Crippen LogP contribution in [0.5, 0.6) is 5.75 Å².